The molecule has 1 rings (SSSR count). The maximum absolute atomic E-state index is 11.8. The molecule has 0 aromatic heterocycles. The van der Waals surface area contributed by atoms with E-state index in [4.69, 9.17) is 9.84 Å². The van der Waals surface area contributed by atoms with Crippen LogP contribution in [0, 0.1) is 5.92 Å². The lowest BCUT2D eigenvalue weighted by molar-refractivity contribution is -0.144. The molecule has 0 aliphatic heterocycles. The number of rotatable bonds is 4. The van der Waals surface area contributed by atoms with Crippen LogP contribution in [0.5, 0.6) is 0 Å². The van der Waals surface area contributed by atoms with Crippen molar-refractivity contribution in [3.63, 3.8) is 0 Å². The summed E-state index contributed by atoms with van der Waals surface area (Å²) in [6.07, 6.45) is -0.411. The van der Waals surface area contributed by atoms with E-state index in [2.05, 4.69) is 0 Å². The molecule has 0 unspecified atom stereocenters. The van der Waals surface area contributed by atoms with Gasteiger partial charge in [-0.05, 0) is 25.7 Å². The Bertz CT molecular complexity index is 188. The Morgan fingerprint density at radius 3 is 2.36 bits per heavy atom. The Hall–Kier alpha value is -0.710. The maximum atomic E-state index is 11.8. The van der Waals surface area contributed by atoms with Crippen LogP contribution in [0.25, 0.3) is 0 Å². The van der Waals surface area contributed by atoms with Crippen molar-refractivity contribution in [1.29, 1.82) is 0 Å². The fourth-order valence-corrected chi connectivity index (χ4v) is 1.69. The quantitative estimate of drug-likeness (QED) is 0.767. The van der Waals surface area contributed by atoms with Gasteiger partial charge in [0.1, 0.15) is 6.61 Å². The van der Waals surface area contributed by atoms with Crippen molar-refractivity contribution >= 4 is 5.97 Å². The summed E-state index contributed by atoms with van der Waals surface area (Å²) in [5.41, 5.74) is 0. The molecular weight excluding hydrogens is 194 g/mol. The first-order chi connectivity index (χ1) is 6.59. The van der Waals surface area contributed by atoms with Gasteiger partial charge in [-0.2, -0.15) is 0 Å². The van der Waals surface area contributed by atoms with Crippen molar-refractivity contribution in [2.75, 3.05) is 6.61 Å². The zero-order valence-corrected chi connectivity index (χ0v) is 7.79. The molecule has 0 spiro atoms. The van der Waals surface area contributed by atoms with E-state index < -0.39 is 19.0 Å². The van der Waals surface area contributed by atoms with E-state index in [0.717, 1.165) is 0 Å². The summed E-state index contributed by atoms with van der Waals surface area (Å²) >= 11 is 0. The monoisotopic (exact) mass is 208 g/mol. The summed E-state index contributed by atoms with van der Waals surface area (Å²) in [6, 6.07) is 0. The van der Waals surface area contributed by atoms with Gasteiger partial charge in [0.25, 0.3) is 6.43 Å². The number of alkyl halides is 2. The molecule has 0 saturated heterocycles. The van der Waals surface area contributed by atoms with Crippen LogP contribution in [-0.2, 0) is 9.53 Å². The Morgan fingerprint density at radius 2 is 1.93 bits per heavy atom. The van der Waals surface area contributed by atoms with Crippen molar-refractivity contribution in [3.8, 4) is 0 Å². The lowest BCUT2D eigenvalue weighted by atomic mass is 9.87. The third kappa shape index (κ3) is 3.57. The SMILES string of the molecule is O=C(O)C1CCC(OCC(F)F)CC1. The van der Waals surface area contributed by atoms with Gasteiger partial charge in [0.2, 0.25) is 0 Å². The van der Waals surface area contributed by atoms with Crippen LogP contribution in [0.4, 0.5) is 8.78 Å². The number of aliphatic carboxylic acids is 1. The number of carboxylic acid groups (broad SMARTS) is 1. The molecule has 0 radical (unpaired) electrons. The second-order valence-electron chi connectivity index (χ2n) is 3.54. The first-order valence-electron chi connectivity index (χ1n) is 4.72. The van der Waals surface area contributed by atoms with Crippen LogP contribution in [0.1, 0.15) is 25.7 Å². The van der Waals surface area contributed by atoms with E-state index in [1.54, 1.807) is 0 Å². The summed E-state index contributed by atoms with van der Waals surface area (Å²) in [4.78, 5) is 10.6. The first kappa shape index (κ1) is 11.4. The molecule has 0 amide bonds. The molecule has 1 fully saturated rings. The first-order valence-corrected chi connectivity index (χ1v) is 4.72. The molecule has 82 valence electrons. The Kier molecular flexibility index (Phi) is 4.25. The topological polar surface area (TPSA) is 46.5 Å². The van der Waals surface area contributed by atoms with Gasteiger partial charge in [0, 0.05) is 0 Å². The second-order valence-corrected chi connectivity index (χ2v) is 3.54. The van der Waals surface area contributed by atoms with Gasteiger partial charge in [-0.3, -0.25) is 4.79 Å². The molecule has 0 aromatic carbocycles. The second kappa shape index (κ2) is 5.24. The van der Waals surface area contributed by atoms with Crippen LogP contribution < -0.4 is 0 Å². The molecule has 14 heavy (non-hydrogen) atoms. The molecule has 0 aromatic rings. The predicted molar refractivity (Wildman–Crippen MR) is 45.3 cm³/mol. The molecule has 1 aliphatic carbocycles. The molecule has 1 N–H and O–H groups in total. The summed E-state index contributed by atoms with van der Waals surface area (Å²) in [6.45, 7) is -0.539. The molecule has 0 heterocycles. The highest BCUT2D eigenvalue weighted by Gasteiger charge is 2.26. The maximum Gasteiger partial charge on any atom is 0.306 e. The fraction of sp³-hybridized carbons (Fsp3) is 0.889. The highest BCUT2D eigenvalue weighted by Crippen LogP contribution is 2.26. The standard InChI is InChI=1S/C9H14F2O3/c10-8(11)5-14-7-3-1-6(2-4-7)9(12)13/h6-8H,1-5H2,(H,12,13). The molecular formula is C9H14F2O3. The van der Waals surface area contributed by atoms with Crippen molar-refractivity contribution in [2.24, 2.45) is 5.92 Å². The van der Waals surface area contributed by atoms with Crippen LogP contribution in [-0.4, -0.2) is 30.2 Å². The van der Waals surface area contributed by atoms with Crippen molar-refractivity contribution in [1.82, 2.24) is 0 Å². The Morgan fingerprint density at radius 1 is 1.36 bits per heavy atom. The highest BCUT2D eigenvalue weighted by molar-refractivity contribution is 5.69. The molecule has 0 atom stereocenters. The molecule has 1 aliphatic rings. The van der Waals surface area contributed by atoms with E-state index >= 15 is 0 Å². The smallest absolute Gasteiger partial charge is 0.306 e. The predicted octanol–water partition coefficient (Wildman–Crippen LogP) is 1.91. The average molecular weight is 208 g/mol. The number of carboxylic acids is 1. The van der Waals surface area contributed by atoms with Gasteiger partial charge < -0.3 is 9.84 Å². The molecule has 1 saturated carbocycles. The number of hydrogen-bond donors (Lipinski definition) is 1. The van der Waals surface area contributed by atoms with Crippen molar-refractivity contribution in [2.45, 2.75) is 38.2 Å². The minimum atomic E-state index is -2.44. The Labute approximate surface area is 81.1 Å². The zero-order valence-electron chi connectivity index (χ0n) is 7.79. The van der Waals surface area contributed by atoms with Crippen LogP contribution >= 0.6 is 0 Å². The lowest BCUT2D eigenvalue weighted by Crippen LogP contribution is -2.27. The van der Waals surface area contributed by atoms with Gasteiger partial charge in [-0.25, -0.2) is 8.78 Å². The minimum absolute atomic E-state index is 0.181. The number of carbonyl (C=O) groups is 1. The molecule has 0 bridgehead atoms. The van der Waals surface area contributed by atoms with Gasteiger partial charge in [-0.15, -0.1) is 0 Å². The third-order valence-electron chi connectivity index (χ3n) is 2.48. The number of halogens is 2. The average Bonchev–Trinajstić information content (AvgIpc) is 2.15. The summed E-state index contributed by atoms with van der Waals surface area (Å²) in [7, 11) is 0. The normalized spacial score (nSPS) is 27.9. The Balaban J connectivity index is 2.19. The third-order valence-corrected chi connectivity index (χ3v) is 2.48. The summed E-state index contributed by atoms with van der Waals surface area (Å²) < 4.78 is 28.5. The van der Waals surface area contributed by atoms with Crippen LogP contribution in [0.3, 0.4) is 0 Å². The largest absolute Gasteiger partial charge is 0.481 e. The van der Waals surface area contributed by atoms with Gasteiger partial charge in [-0.1, -0.05) is 0 Å². The van der Waals surface area contributed by atoms with Gasteiger partial charge in [0.15, 0.2) is 0 Å². The van der Waals surface area contributed by atoms with E-state index in [-0.39, 0.29) is 12.0 Å². The van der Waals surface area contributed by atoms with Crippen molar-refractivity contribution < 1.29 is 23.4 Å². The van der Waals surface area contributed by atoms with Crippen LogP contribution in [0.15, 0.2) is 0 Å². The minimum Gasteiger partial charge on any atom is -0.481 e. The summed E-state index contributed by atoms with van der Waals surface area (Å²) in [5.74, 6) is -1.11. The van der Waals surface area contributed by atoms with E-state index in [1.165, 1.54) is 0 Å². The van der Waals surface area contributed by atoms with Crippen molar-refractivity contribution in [3.05, 3.63) is 0 Å². The van der Waals surface area contributed by atoms with Gasteiger partial charge in [0.05, 0.1) is 12.0 Å². The molecule has 5 heteroatoms. The van der Waals surface area contributed by atoms with Gasteiger partial charge >= 0.3 is 5.97 Å². The number of hydrogen-bond acceptors (Lipinski definition) is 2. The lowest BCUT2D eigenvalue weighted by Gasteiger charge is -2.25. The summed E-state index contributed by atoms with van der Waals surface area (Å²) in [5, 5.41) is 8.68. The number of ether oxygens (including phenoxy) is 1. The van der Waals surface area contributed by atoms with E-state index in [9.17, 15) is 13.6 Å². The van der Waals surface area contributed by atoms with E-state index in [0.29, 0.717) is 25.7 Å². The zero-order chi connectivity index (χ0) is 10.6. The highest BCUT2D eigenvalue weighted by atomic mass is 19.3. The van der Waals surface area contributed by atoms with Crippen LogP contribution in [0.2, 0.25) is 0 Å². The fourth-order valence-electron chi connectivity index (χ4n) is 1.69. The molecule has 3 nitrogen and oxygen atoms in total. The van der Waals surface area contributed by atoms with E-state index in [1.807, 2.05) is 0 Å².